The molecule has 0 aliphatic rings. The van der Waals surface area contributed by atoms with Gasteiger partial charge in [-0.25, -0.2) is 0 Å². The highest BCUT2D eigenvalue weighted by atomic mass is 32.1. The third kappa shape index (κ3) is 3.50. The van der Waals surface area contributed by atoms with Crippen LogP contribution < -0.4 is 0 Å². The van der Waals surface area contributed by atoms with Gasteiger partial charge in [-0.15, -0.1) is 11.3 Å². The average Bonchev–Trinajstić information content (AvgIpc) is 3.24. The SMILES string of the molecule is O=C(C(=O)c1ccccc1-c1cc(-c2ccccc2)cs1)c1ccccc1. The molecule has 130 valence electrons. The van der Waals surface area contributed by atoms with Crippen LogP contribution in [0.25, 0.3) is 21.6 Å². The molecule has 1 aromatic heterocycles. The van der Waals surface area contributed by atoms with Crippen LogP contribution in [0.1, 0.15) is 20.7 Å². The van der Waals surface area contributed by atoms with E-state index in [1.165, 1.54) is 0 Å². The van der Waals surface area contributed by atoms with Crippen LogP contribution in [0.5, 0.6) is 0 Å². The minimum absolute atomic E-state index is 0.411. The first kappa shape index (κ1) is 17.1. The van der Waals surface area contributed by atoms with E-state index in [9.17, 15) is 9.59 Å². The van der Waals surface area contributed by atoms with Gasteiger partial charge in [-0.2, -0.15) is 0 Å². The topological polar surface area (TPSA) is 34.1 Å². The van der Waals surface area contributed by atoms with Gasteiger partial charge in [0.15, 0.2) is 0 Å². The third-order valence-corrected chi connectivity index (χ3v) is 5.35. The summed E-state index contributed by atoms with van der Waals surface area (Å²) in [4.78, 5) is 26.5. The van der Waals surface area contributed by atoms with Crippen molar-refractivity contribution in [1.29, 1.82) is 0 Å². The second-order valence-electron chi connectivity index (χ2n) is 6.14. The summed E-state index contributed by atoms with van der Waals surface area (Å²) in [7, 11) is 0. The van der Waals surface area contributed by atoms with Crippen molar-refractivity contribution in [2.75, 3.05) is 0 Å². The lowest BCUT2D eigenvalue weighted by Crippen LogP contribution is -2.15. The van der Waals surface area contributed by atoms with Gasteiger partial charge in [0.25, 0.3) is 0 Å². The number of carbonyl (C=O) groups excluding carboxylic acids is 2. The van der Waals surface area contributed by atoms with Gasteiger partial charge in [0.1, 0.15) is 0 Å². The van der Waals surface area contributed by atoms with E-state index in [0.29, 0.717) is 11.1 Å². The molecule has 0 fully saturated rings. The Morgan fingerprint density at radius 3 is 2.00 bits per heavy atom. The molecule has 0 amide bonds. The van der Waals surface area contributed by atoms with Gasteiger partial charge in [0, 0.05) is 21.6 Å². The summed E-state index contributed by atoms with van der Waals surface area (Å²) in [6, 6.07) is 28.2. The summed E-state index contributed by atoms with van der Waals surface area (Å²) in [5.41, 5.74) is 3.87. The molecule has 1 heterocycles. The molecule has 0 spiro atoms. The Morgan fingerprint density at radius 1 is 0.630 bits per heavy atom. The summed E-state index contributed by atoms with van der Waals surface area (Å²) in [5, 5.41) is 2.07. The summed E-state index contributed by atoms with van der Waals surface area (Å²) in [6.45, 7) is 0. The summed E-state index contributed by atoms with van der Waals surface area (Å²) in [5.74, 6) is -0.964. The van der Waals surface area contributed by atoms with Crippen molar-refractivity contribution in [2.45, 2.75) is 0 Å². The number of hydrogen-bond acceptors (Lipinski definition) is 3. The van der Waals surface area contributed by atoms with Crippen molar-refractivity contribution < 1.29 is 9.59 Å². The molecule has 0 bridgehead atoms. The molecule has 2 nitrogen and oxygen atoms in total. The molecular formula is C24H16O2S. The van der Waals surface area contributed by atoms with Crippen LogP contribution in [-0.4, -0.2) is 11.6 Å². The van der Waals surface area contributed by atoms with Crippen LogP contribution in [0.2, 0.25) is 0 Å². The molecule has 4 rings (SSSR count). The third-order valence-electron chi connectivity index (χ3n) is 4.39. The van der Waals surface area contributed by atoms with Gasteiger partial charge < -0.3 is 0 Å². The van der Waals surface area contributed by atoms with Crippen molar-refractivity contribution in [3.05, 3.63) is 108 Å². The Bertz CT molecular complexity index is 1100. The zero-order valence-corrected chi connectivity index (χ0v) is 15.3. The van der Waals surface area contributed by atoms with Crippen LogP contribution >= 0.6 is 11.3 Å². The highest BCUT2D eigenvalue weighted by Crippen LogP contribution is 2.34. The smallest absolute Gasteiger partial charge is 0.234 e. The Hall–Kier alpha value is -3.30. The lowest BCUT2D eigenvalue weighted by atomic mass is 9.96. The molecule has 0 unspecified atom stereocenters. The first-order valence-corrected chi connectivity index (χ1v) is 9.49. The average molecular weight is 368 g/mol. The van der Waals surface area contributed by atoms with E-state index < -0.39 is 11.6 Å². The maximum atomic E-state index is 12.9. The van der Waals surface area contributed by atoms with Crippen molar-refractivity contribution in [1.82, 2.24) is 0 Å². The molecule has 0 aliphatic carbocycles. The predicted molar refractivity (Wildman–Crippen MR) is 110 cm³/mol. The molecule has 0 saturated heterocycles. The zero-order chi connectivity index (χ0) is 18.6. The molecule has 0 N–H and O–H groups in total. The fraction of sp³-hybridized carbons (Fsp3) is 0. The van der Waals surface area contributed by atoms with Crippen LogP contribution in [0, 0.1) is 0 Å². The molecule has 4 aromatic rings. The fourth-order valence-electron chi connectivity index (χ4n) is 3.00. The number of Topliss-reactive ketones (excluding diaryl/α,β-unsaturated/α-hetero) is 2. The Morgan fingerprint density at radius 2 is 1.26 bits per heavy atom. The van der Waals surface area contributed by atoms with Gasteiger partial charge in [0.2, 0.25) is 11.6 Å². The molecule has 0 aliphatic heterocycles. The maximum absolute atomic E-state index is 12.9. The van der Waals surface area contributed by atoms with Gasteiger partial charge in [-0.1, -0.05) is 84.9 Å². The summed E-state index contributed by atoms with van der Waals surface area (Å²) in [6.07, 6.45) is 0. The normalized spacial score (nSPS) is 10.5. The van der Waals surface area contributed by atoms with Crippen LogP contribution in [0.4, 0.5) is 0 Å². The van der Waals surface area contributed by atoms with Crippen molar-refractivity contribution in [3.63, 3.8) is 0 Å². The number of carbonyl (C=O) groups is 2. The van der Waals surface area contributed by atoms with E-state index in [0.717, 1.165) is 21.6 Å². The van der Waals surface area contributed by atoms with E-state index in [-0.39, 0.29) is 0 Å². The largest absolute Gasteiger partial charge is 0.285 e. The highest BCUT2D eigenvalue weighted by Gasteiger charge is 2.22. The first-order chi connectivity index (χ1) is 13.2. The molecule has 3 aromatic carbocycles. The highest BCUT2D eigenvalue weighted by molar-refractivity contribution is 7.14. The second kappa shape index (κ2) is 7.52. The predicted octanol–water partition coefficient (Wildman–Crippen LogP) is 6.15. The quantitative estimate of drug-likeness (QED) is 0.313. The van der Waals surface area contributed by atoms with E-state index >= 15 is 0 Å². The van der Waals surface area contributed by atoms with Crippen LogP contribution in [0.15, 0.2) is 96.4 Å². The van der Waals surface area contributed by atoms with Crippen molar-refractivity contribution in [2.24, 2.45) is 0 Å². The van der Waals surface area contributed by atoms with Crippen LogP contribution in [-0.2, 0) is 0 Å². The number of ketones is 2. The fourth-order valence-corrected chi connectivity index (χ4v) is 3.96. The molecule has 0 saturated carbocycles. The molecular weight excluding hydrogens is 352 g/mol. The van der Waals surface area contributed by atoms with Crippen molar-refractivity contribution in [3.8, 4) is 21.6 Å². The monoisotopic (exact) mass is 368 g/mol. The minimum Gasteiger partial charge on any atom is -0.285 e. The van der Waals surface area contributed by atoms with Gasteiger partial charge in [-0.05, 0) is 22.6 Å². The number of benzene rings is 3. The van der Waals surface area contributed by atoms with E-state index in [2.05, 4.69) is 23.6 Å². The lowest BCUT2D eigenvalue weighted by Gasteiger charge is -2.06. The molecule has 0 atom stereocenters. The van der Waals surface area contributed by atoms with Crippen molar-refractivity contribution >= 4 is 22.9 Å². The van der Waals surface area contributed by atoms with Crippen LogP contribution in [0.3, 0.4) is 0 Å². The maximum Gasteiger partial charge on any atom is 0.234 e. The zero-order valence-electron chi connectivity index (χ0n) is 14.5. The first-order valence-electron chi connectivity index (χ1n) is 8.61. The van der Waals surface area contributed by atoms with Gasteiger partial charge in [-0.3, -0.25) is 9.59 Å². The van der Waals surface area contributed by atoms with E-state index in [1.807, 2.05) is 36.4 Å². The van der Waals surface area contributed by atoms with E-state index in [1.54, 1.807) is 47.7 Å². The molecule has 3 heteroatoms. The lowest BCUT2D eigenvalue weighted by molar-refractivity contribution is 0.0817. The van der Waals surface area contributed by atoms with Gasteiger partial charge >= 0.3 is 0 Å². The second-order valence-corrected chi connectivity index (χ2v) is 7.05. The molecule has 27 heavy (non-hydrogen) atoms. The summed E-state index contributed by atoms with van der Waals surface area (Å²) < 4.78 is 0. The Balaban J connectivity index is 1.71. The van der Waals surface area contributed by atoms with Gasteiger partial charge in [0.05, 0.1) is 0 Å². The van der Waals surface area contributed by atoms with E-state index in [4.69, 9.17) is 0 Å². The standard InChI is InChI=1S/C24H16O2S/c25-23(18-11-5-2-6-12-18)24(26)21-14-8-7-13-20(21)22-15-19(16-27-22)17-9-3-1-4-10-17/h1-16H. The summed E-state index contributed by atoms with van der Waals surface area (Å²) >= 11 is 1.57. The molecule has 0 radical (unpaired) electrons. The minimum atomic E-state index is -0.483. The Labute approximate surface area is 161 Å². The number of thiophene rings is 1. The number of rotatable bonds is 5. The number of hydrogen-bond donors (Lipinski definition) is 0. The Kier molecular flexibility index (Phi) is 4.77.